The zero-order valence-electron chi connectivity index (χ0n) is 20.8. The molecule has 0 spiro atoms. The van der Waals surface area contributed by atoms with Crippen LogP contribution >= 0.6 is 0 Å². The Morgan fingerprint density at radius 1 is 0.784 bits per heavy atom. The number of azide groups is 1. The molecule has 2 heterocycles. The highest BCUT2D eigenvalue weighted by atomic mass is 16.7. The van der Waals surface area contributed by atoms with Gasteiger partial charge in [-0.1, -0.05) is 19.0 Å². The molecule has 3 fully saturated rings. The van der Waals surface area contributed by atoms with E-state index < -0.39 is 80.2 Å². The van der Waals surface area contributed by atoms with Crippen LogP contribution in [0.25, 0.3) is 10.4 Å². The van der Waals surface area contributed by atoms with E-state index in [0.717, 1.165) is 0 Å². The Bertz CT molecular complexity index is 758. The summed E-state index contributed by atoms with van der Waals surface area (Å²) in [7, 11) is 0. The molecule has 0 bridgehead atoms. The molecule has 214 valence electrons. The van der Waals surface area contributed by atoms with Crippen molar-refractivity contribution in [2.45, 2.75) is 100 Å². The van der Waals surface area contributed by atoms with Gasteiger partial charge in [-0.3, -0.25) is 0 Å². The van der Waals surface area contributed by atoms with E-state index >= 15 is 0 Å². The van der Waals surface area contributed by atoms with Crippen molar-refractivity contribution in [3.05, 3.63) is 10.4 Å². The van der Waals surface area contributed by atoms with E-state index in [1.807, 2.05) is 13.8 Å². The number of ether oxygens (including phenoxy) is 5. The standard InChI is InChI=1S/C22H39N3O12/c1-9-5-11(12(6-10(9)2)35-22-20(32)17(29)15(27)13(7-26)36-22)34-8-14-16(28)18(30)19(31)21(37-14)33-4-3-24-25-23/h9-22,26-32H,3-8H2,1-2H3/t9?,10-,11-,12?,13?,14?,15+,16+,17-,18-,19?,20?,21-,22-/m0/s1. The molecular formula is C22H39N3O12. The first kappa shape index (κ1) is 30.4. The first-order valence-corrected chi connectivity index (χ1v) is 12.5. The van der Waals surface area contributed by atoms with E-state index in [-0.39, 0.29) is 31.6 Å². The molecule has 0 aromatic rings. The fourth-order valence-electron chi connectivity index (χ4n) is 4.84. The van der Waals surface area contributed by atoms with E-state index in [0.29, 0.717) is 12.8 Å². The van der Waals surface area contributed by atoms with Crippen LogP contribution in [0.5, 0.6) is 0 Å². The number of hydrogen-bond acceptors (Lipinski definition) is 13. The normalized spacial score (nSPS) is 46.8. The molecule has 6 unspecified atom stereocenters. The van der Waals surface area contributed by atoms with Crippen LogP contribution in [-0.4, -0.2) is 136 Å². The van der Waals surface area contributed by atoms with Crippen LogP contribution in [0.15, 0.2) is 5.11 Å². The highest BCUT2D eigenvalue weighted by Crippen LogP contribution is 2.36. The maximum absolute atomic E-state index is 10.4. The zero-order chi connectivity index (χ0) is 27.3. The molecule has 0 aromatic heterocycles. The lowest BCUT2D eigenvalue weighted by atomic mass is 9.78. The van der Waals surface area contributed by atoms with E-state index in [1.54, 1.807) is 0 Å². The van der Waals surface area contributed by atoms with Gasteiger partial charge in [0.05, 0.1) is 32.0 Å². The lowest BCUT2D eigenvalue weighted by Gasteiger charge is -2.45. The average Bonchev–Trinajstić information content (AvgIpc) is 2.88. The van der Waals surface area contributed by atoms with Crippen molar-refractivity contribution < 1.29 is 59.4 Å². The molecule has 15 nitrogen and oxygen atoms in total. The minimum atomic E-state index is -1.58. The Morgan fingerprint density at radius 3 is 1.97 bits per heavy atom. The van der Waals surface area contributed by atoms with Crippen LogP contribution in [0.3, 0.4) is 0 Å². The topological polar surface area (TPSA) is 237 Å². The molecule has 1 aliphatic carbocycles. The molecule has 0 aromatic carbocycles. The van der Waals surface area contributed by atoms with Gasteiger partial charge in [0.25, 0.3) is 0 Å². The van der Waals surface area contributed by atoms with Crippen LogP contribution in [-0.2, 0) is 23.7 Å². The molecule has 3 rings (SSSR count). The molecule has 2 aliphatic heterocycles. The number of aliphatic hydroxyl groups is 7. The maximum Gasteiger partial charge on any atom is 0.187 e. The quantitative estimate of drug-likeness (QED) is 0.0677. The third kappa shape index (κ3) is 7.28. The maximum atomic E-state index is 10.4. The molecule has 0 radical (unpaired) electrons. The highest BCUT2D eigenvalue weighted by molar-refractivity contribution is 4.93. The van der Waals surface area contributed by atoms with E-state index in [4.69, 9.17) is 29.2 Å². The van der Waals surface area contributed by atoms with Crippen molar-refractivity contribution >= 4 is 0 Å². The number of hydrogen-bond donors (Lipinski definition) is 7. The minimum absolute atomic E-state index is 0.0159. The van der Waals surface area contributed by atoms with Crippen molar-refractivity contribution in [3.63, 3.8) is 0 Å². The Labute approximate surface area is 214 Å². The summed E-state index contributed by atoms with van der Waals surface area (Å²) in [4.78, 5) is 2.60. The van der Waals surface area contributed by atoms with E-state index in [1.165, 1.54) is 0 Å². The van der Waals surface area contributed by atoms with Crippen LogP contribution in [0.2, 0.25) is 0 Å². The summed E-state index contributed by atoms with van der Waals surface area (Å²) >= 11 is 0. The summed E-state index contributed by atoms with van der Waals surface area (Å²) in [5, 5.41) is 74.2. The summed E-state index contributed by atoms with van der Waals surface area (Å²) in [5.74, 6) is 0.457. The first-order valence-electron chi connectivity index (χ1n) is 12.5. The van der Waals surface area contributed by atoms with Gasteiger partial charge in [0.2, 0.25) is 0 Å². The predicted octanol–water partition coefficient (Wildman–Crippen LogP) is -2.24. The van der Waals surface area contributed by atoms with Crippen molar-refractivity contribution in [1.29, 1.82) is 0 Å². The van der Waals surface area contributed by atoms with E-state index in [2.05, 4.69) is 10.0 Å². The van der Waals surface area contributed by atoms with Crippen LogP contribution in [0.4, 0.5) is 0 Å². The Balaban J connectivity index is 1.64. The summed E-state index contributed by atoms with van der Waals surface area (Å²) in [6, 6.07) is 0. The Hall–Kier alpha value is -1.17. The van der Waals surface area contributed by atoms with Gasteiger partial charge < -0.3 is 59.4 Å². The molecule has 14 atom stereocenters. The van der Waals surface area contributed by atoms with Gasteiger partial charge in [-0.2, -0.15) is 0 Å². The summed E-state index contributed by atoms with van der Waals surface area (Å²) in [6.45, 7) is 3.22. The molecule has 37 heavy (non-hydrogen) atoms. The van der Waals surface area contributed by atoms with Crippen molar-refractivity contribution in [2.24, 2.45) is 17.0 Å². The number of nitrogens with zero attached hydrogens (tertiary/aromatic N) is 3. The summed E-state index contributed by atoms with van der Waals surface area (Å²) in [6.07, 6.45) is -14.1. The lowest BCUT2D eigenvalue weighted by Crippen LogP contribution is -2.61. The van der Waals surface area contributed by atoms with Crippen molar-refractivity contribution in [3.8, 4) is 0 Å². The predicted molar refractivity (Wildman–Crippen MR) is 123 cm³/mol. The second-order valence-corrected chi connectivity index (χ2v) is 10.0. The molecule has 2 saturated heterocycles. The van der Waals surface area contributed by atoms with Crippen molar-refractivity contribution in [2.75, 3.05) is 26.4 Å². The fourth-order valence-corrected chi connectivity index (χ4v) is 4.84. The molecule has 3 aliphatic rings. The first-order chi connectivity index (χ1) is 17.6. The van der Waals surface area contributed by atoms with E-state index in [9.17, 15) is 35.7 Å². The third-order valence-corrected chi connectivity index (χ3v) is 7.43. The van der Waals surface area contributed by atoms with Gasteiger partial charge in [0.1, 0.15) is 48.8 Å². The van der Waals surface area contributed by atoms with Gasteiger partial charge in [-0.05, 0) is 30.2 Å². The summed E-state index contributed by atoms with van der Waals surface area (Å²) < 4.78 is 28.5. The minimum Gasteiger partial charge on any atom is -0.394 e. The Kier molecular flexibility index (Phi) is 11.3. The van der Waals surface area contributed by atoms with Crippen molar-refractivity contribution in [1.82, 2.24) is 0 Å². The molecule has 15 heteroatoms. The third-order valence-electron chi connectivity index (χ3n) is 7.43. The van der Waals surface area contributed by atoms with Gasteiger partial charge in [0, 0.05) is 11.5 Å². The SMILES string of the molecule is CC1C[C@H](OCC2O[C@H](OCCN=[N+]=[N-])C(O)[C@@H](O)[C@@H]2O)C(O[C@H]2OC(CO)[C@@H](O)[C@H](O)C2O)C[C@@H]1C. The van der Waals surface area contributed by atoms with Gasteiger partial charge in [0.15, 0.2) is 12.6 Å². The van der Waals surface area contributed by atoms with Crippen LogP contribution in [0, 0.1) is 11.8 Å². The second-order valence-electron chi connectivity index (χ2n) is 10.0. The highest BCUT2D eigenvalue weighted by Gasteiger charge is 2.48. The molecular weight excluding hydrogens is 498 g/mol. The molecule has 0 amide bonds. The average molecular weight is 538 g/mol. The summed E-state index contributed by atoms with van der Waals surface area (Å²) in [5.41, 5.74) is 8.36. The van der Waals surface area contributed by atoms with Gasteiger partial charge in [-0.15, -0.1) is 0 Å². The molecule has 7 N–H and O–H groups in total. The number of aliphatic hydroxyl groups excluding tert-OH is 7. The fraction of sp³-hybridized carbons (Fsp3) is 1.00. The monoisotopic (exact) mass is 537 g/mol. The Morgan fingerprint density at radius 2 is 1.35 bits per heavy atom. The molecule has 1 saturated carbocycles. The second kappa shape index (κ2) is 13.8. The van der Waals surface area contributed by atoms with Crippen LogP contribution < -0.4 is 0 Å². The zero-order valence-corrected chi connectivity index (χ0v) is 20.8. The smallest absolute Gasteiger partial charge is 0.187 e. The lowest BCUT2D eigenvalue weighted by molar-refractivity contribution is -0.326. The van der Waals surface area contributed by atoms with Gasteiger partial charge in [-0.25, -0.2) is 0 Å². The van der Waals surface area contributed by atoms with Crippen LogP contribution in [0.1, 0.15) is 26.7 Å². The number of rotatable bonds is 10. The van der Waals surface area contributed by atoms with Gasteiger partial charge >= 0.3 is 0 Å². The largest absolute Gasteiger partial charge is 0.394 e.